The molecular formula is C20H17NO4. The Bertz CT molecular complexity index is 841. The molecule has 2 amide bonds. The van der Waals surface area contributed by atoms with Gasteiger partial charge in [-0.25, -0.2) is 9.69 Å². The summed E-state index contributed by atoms with van der Waals surface area (Å²) in [4.78, 5) is 39.1. The van der Waals surface area contributed by atoms with Crippen LogP contribution in [0.5, 0.6) is 0 Å². The van der Waals surface area contributed by atoms with Crippen molar-refractivity contribution in [3.63, 3.8) is 0 Å². The number of carbonyl (C=O) groups is 3. The minimum atomic E-state index is -0.675. The number of benzene rings is 1. The highest BCUT2D eigenvalue weighted by molar-refractivity contribution is 6.24. The third-order valence-electron chi connectivity index (χ3n) is 5.95. The summed E-state index contributed by atoms with van der Waals surface area (Å²) in [7, 11) is 0. The fourth-order valence-electron chi connectivity index (χ4n) is 4.78. The number of ether oxygens (including phenoxy) is 1. The first-order valence-electron chi connectivity index (χ1n) is 8.65. The second-order valence-corrected chi connectivity index (χ2v) is 7.17. The molecule has 1 saturated heterocycles. The molecule has 2 bridgehead atoms. The van der Waals surface area contributed by atoms with E-state index >= 15 is 0 Å². The number of cyclic esters (lactones) is 1. The molecule has 1 saturated carbocycles. The van der Waals surface area contributed by atoms with Gasteiger partial charge in [0.15, 0.2) is 5.78 Å². The van der Waals surface area contributed by atoms with Crippen LogP contribution in [0.4, 0.5) is 4.79 Å². The molecule has 5 atom stereocenters. The van der Waals surface area contributed by atoms with Gasteiger partial charge in [0, 0.05) is 5.92 Å². The van der Waals surface area contributed by atoms with Crippen LogP contribution >= 0.6 is 0 Å². The zero-order valence-electron chi connectivity index (χ0n) is 13.5. The van der Waals surface area contributed by atoms with E-state index in [0.717, 1.165) is 16.9 Å². The van der Waals surface area contributed by atoms with Gasteiger partial charge in [0.2, 0.25) is 0 Å². The summed E-state index contributed by atoms with van der Waals surface area (Å²) < 4.78 is 5.11. The van der Waals surface area contributed by atoms with E-state index in [2.05, 4.69) is 12.2 Å². The quantitative estimate of drug-likeness (QED) is 0.616. The number of imide groups is 1. The van der Waals surface area contributed by atoms with Crippen molar-refractivity contribution in [2.24, 2.45) is 23.7 Å². The number of hydrogen-bond donors (Lipinski definition) is 0. The molecule has 0 aromatic heterocycles. The van der Waals surface area contributed by atoms with E-state index in [-0.39, 0.29) is 35.7 Å². The Morgan fingerprint density at radius 1 is 1.08 bits per heavy atom. The van der Waals surface area contributed by atoms with Crippen LogP contribution in [0.3, 0.4) is 0 Å². The number of amides is 2. The monoisotopic (exact) mass is 335 g/mol. The van der Waals surface area contributed by atoms with E-state index in [4.69, 9.17) is 4.74 Å². The van der Waals surface area contributed by atoms with Crippen LogP contribution in [-0.2, 0) is 14.3 Å². The molecule has 25 heavy (non-hydrogen) atoms. The number of rotatable bonds is 2. The third kappa shape index (κ3) is 1.98. The lowest BCUT2D eigenvalue weighted by Crippen LogP contribution is -2.37. The topological polar surface area (TPSA) is 63.7 Å². The van der Waals surface area contributed by atoms with Crippen LogP contribution in [-0.4, -0.2) is 29.3 Å². The number of allylic oxidation sites excluding steroid dienone is 3. The standard InChI is InChI=1S/C20H17NO4/c22-18-15(9-14-12-6-7-13(8-12)17(14)18)19(23)21-16(10-25-20(21)24)11-4-2-1-3-5-11/h1-7,9,12-14,16-17H,8,10H2/t12-,13+,14-,16-,17+/m0/s1. The maximum absolute atomic E-state index is 13.0. The van der Waals surface area contributed by atoms with Gasteiger partial charge >= 0.3 is 6.09 Å². The Morgan fingerprint density at radius 2 is 1.84 bits per heavy atom. The second kappa shape index (κ2) is 5.15. The summed E-state index contributed by atoms with van der Waals surface area (Å²) in [5.41, 5.74) is 0.989. The summed E-state index contributed by atoms with van der Waals surface area (Å²) in [6, 6.07) is 8.82. The smallest absolute Gasteiger partial charge is 0.417 e. The van der Waals surface area contributed by atoms with Crippen molar-refractivity contribution in [2.45, 2.75) is 12.5 Å². The van der Waals surface area contributed by atoms with Gasteiger partial charge in [-0.3, -0.25) is 9.59 Å². The van der Waals surface area contributed by atoms with E-state index in [9.17, 15) is 14.4 Å². The molecule has 0 spiro atoms. The summed E-state index contributed by atoms with van der Waals surface area (Å²) in [5.74, 6) is -0.0642. The van der Waals surface area contributed by atoms with Gasteiger partial charge < -0.3 is 4.74 Å². The summed E-state index contributed by atoms with van der Waals surface area (Å²) >= 11 is 0. The summed E-state index contributed by atoms with van der Waals surface area (Å²) in [6.07, 6.45) is 6.38. The number of carbonyl (C=O) groups excluding carboxylic acids is 3. The van der Waals surface area contributed by atoms with Crippen molar-refractivity contribution < 1.29 is 19.1 Å². The van der Waals surface area contributed by atoms with Gasteiger partial charge in [0.05, 0.1) is 5.57 Å². The summed E-state index contributed by atoms with van der Waals surface area (Å²) in [5, 5.41) is 0. The lowest BCUT2D eigenvalue weighted by atomic mass is 9.85. The number of fused-ring (bicyclic) bond motifs is 5. The molecule has 0 N–H and O–H groups in total. The molecule has 2 fully saturated rings. The molecule has 5 rings (SSSR count). The van der Waals surface area contributed by atoms with Gasteiger partial charge in [-0.15, -0.1) is 0 Å². The van der Waals surface area contributed by atoms with E-state index in [1.807, 2.05) is 30.3 Å². The van der Waals surface area contributed by atoms with E-state index < -0.39 is 18.0 Å². The molecule has 4 aliphatic rings. The Labute approximate surface area is 144 Å². The predicted octanol–water partition coefficient (Wildman–Crippen LogP) is 2.65. The first kappa shape index (κ1) is 14.6. The Kier molecular flexibility index (Phi) is 3.02. The van der Waals surface area contributed by atoms with Crippen molar-refractivity contribution in [1.82, 2.24) is 4.90 Å². The fraction of sp³-hybridized carbons (Fsp3) is 0.350. The van der Waals surface area contributed by atoms with Crippen molar-refractivity contribution in [1.29, 1.82) is 0 Å². The Hall–Kier alpha value is -2.69. The van der Waals surface area contributed by atoms with Crippen molar-refractivity contribution in [3.05, 3.63) is 59.7 Å². The lowest BCUT2D eigenvalue weighted by molar-refractivity contribution is -0.129. The minimum Gasteiger partial charge on any atom is -0.446 e. The predicted molar refractivity (Wildman–Crippen MR) is 88.2 cm³/mol. The first-order chi connectivity index (χ1) is 12.1. The van der Waals surface area contributed by atoms with Crippen LogP contribution in [0.15, 0.2) is 54.1 Å². The molecule has 0 unspecified atom stereocenters. The average Bonchev–Trinajstić information content (AvgIpc) is 3.37. The van der Waals surface area contributed by atoms with Crippen LogP contribution in [0, 0.1) is 23.7 Å². The Morgan fingerprint density at radius 3 is 2.60 bits per heavy atom. The normalized spacial score (nSPS) is 35.1. The van der Waals surface area contributed by atoms with Crippen LogP contribution in [0.1, 0.15) is 18.0 Å². The fourth-order valence-corrected chi connectivity index (χ4v) is 4.78. The lowest BCUT2D eigenvalue weighted by Gasteiger charge is -2.21. The van der Waals surface area contributed by atoms with Crippen LogP contribution in [0.25, 0.3) is 0 Å². The molecule has 1 heterocycles. The molecular weight excluding hydrogens is 318 g/mol. The average molecular weight is 335 g/mol. The van der Waals surface area contributed by atoms with Crippen LogP contribution < -0.4 is 0 Å². The molecule has 1 aromatic rings. The maximum atomic E-state index is 13.0. The van der Waals surface area contributed by atoms with Gasteiger partial charge in [-0.2, -0.15) is 0 Å². The number of ketones is 1. The van der Waals surface area contributed by atoms with Crippen LogP contribution in [0.2, 0.25) is 0 Å². The van der Waals surface area contributed by atoms with E-state index in [1.54, 1.807) is 6.08 Å². The molecule has 1 aliphatic heterocycles. The molecule has 126 valence electrons. The minimum absolute atomic E-state index is 0.107. The second-order valence-electron chi connectivity index (χ2n) is 7.17. The molecule has 0 radical (unpaired) electrons. The maximum Gasteiger partial charge on any atom is 0.417 e. The molecule has 3 aliphatic carbocycles. The van der Waals surface area contributed by atoms with Crippen molar-refractivity contribution >= 4 is 17.8 Å². The van der Waals surface area contributed by atoms with Crippen molar-refractivity contribution in [2.75, 3.05) is 6.61 Å². The zero-order chi connectivity index (χ0) is 17.1. The number of nitrogens with zero attached hydrogens (tertiary/aromatic N) is 1. The third-order valence-corrected chi connectivity index (χ3v) is 5.95. The van der Waals surface area contributed by atoms with E-state index in [0.29, 0.717) is 5.92 Å². The van der Waals surface area contributed by atoms with Crippen molar-refractivity contribution in [3.8, 4) is 0 Å². The van der Waals surface area contributed by atoms with Gasteiger partial charge in [-0.1, -0.05) is 48.6 Å². The summed E-state index contributed by atoms with van der Waals surface area (Å²) in [6.45, 7) is 0.121. The van der Waals surface area contributed by atoms with E-state index in [1.165, 1.54) is 0 Å². The SMILES string of the molecule is O=C1C(C(=O)N2C(=O)OC[C@H]2c2ccccc2)=C[C@@H]2[C@H]1[C@@H]1C=C[C@H]2C1. The molecule has 1 aromatic carbocycles. The molecule has 5 nitrogen and oxygen atoms in total. The zero-order valence-corrected chi connectivity index (χ0v) is 13.5. The van der Waals surface area contributed by atoms with Gasteiger partial charge in [0.25, 0.3) is 5.91 Å². The Balaban J connectivity index is 1.47. The largest absolute Gasteiger partial charge is 0.446 e. The van der Waals surface area contributed by atoms with Gasteiger partial charge in [0.1, 0.15) is 12.6 Å². The highest BCUT2D eigenvalue weighted by Gasteiger charge is 2.54. The highest BCUT2D eigenvalue weighted by atomic mass is 16.6. The number of Topliss-reactive ketones (excluding diaryl/α,β-unsaturated/α-hetero) is 1. The molecule has 5 heteroatoms. The first-order valence-corrected chi connectivity index (χ1v) is 8.65. The van der Waals surface area contributed by atoms with Gasteiger partial charge in [-0.05, 0) is 29.7 Å². The number of hydrogen-bond acceptors (Lipinski definition) is 4. The highest BCUT2D eigenvalue weighted by Crippen LogP contribution is 2.53.